The molecule has 1 aliphatic rings. The monoisotopic (exact) mass is 342 g/mol. The third-order valence-electron chi connectivity index (χ3n) is 4.93. The van der Waals surface area contributed by atoms with Crippen LogP contribution in [0.25, 0.3) is 11.3 Å². The molecule has 5 nitrogen and oxygen atoms in total. The molecule has 3 rings (SSSR count). The number of amides is 1. The highest BCUT2D eigenvalue weighted by molar-refractivity contribution is 5.76. The van der Waals surface area contributed by atoms with Gasteiger partial charge in [-0.05, 0) is 19.8 Å². The second-order valence-corrected chi connectivity index (χ2v) is 6.79. The molecule has 0 aliphatic heterocycles. The Kier molecular flexibility index (Phi) is 5.87. The summed E-state index contributed by atoms with van der Waals surface area (Å²) >= 11 is 0. The molecule has 2 aromatic rings. The molecule has 1 saturated carbocycles. The van der Waals surface area contributed by atoms with Crippen LogP contribution in [0, 0.1) is 12.8 Å². The highest BCUT2D eigenvalue weighted by Gasteiger charge is 2.25. The fourth-order valence-electron chi connectivity index (χ4n) is 3.53. The van der Waals surface area contributed by atoms with Gasteiger partial charge in [-0.2, -0.15) is 0 Å². The fourth-order valence-corrected chi connectivity index (χ4v) is 3.53. The van der Waals surface area contributed by atoms with Crippen LogP contribution in [0.1, 0.15) is 43.7 Å². The van der Waals surface area contributed by atoms with Crippen molar-refractivity contribution in [2.45, 2.75) is 51.5 Å². The van der Waals surface area contributed by atoms with Gasteiger partial charge in [0, 0.05) is 37.0 Å². The minimum absolute atomic E-state index is 0.00228. The van der Waals surface area contributed by atoms with Gasteiger partial charge in [-0.15, -0.1) is 0 Å². The van der Waals surface area contributed by atoms with Gasteiger partial charge in [0.1, 0.15) is 0 Å². The van der Waals surface area contributed by atoms with E-state index in [2.05, 4.69) is 10.3 Å². The molecule has 2 N–H and O–H groups in total. The number of hydrogen-bond donors (Lipinski definition) is 2. The van der Waals surface area contributed by atoms with Crippen molar-refractivity contribution in [3.63, 3.8) is 0 Å². The minimum atomic E-state index is 0.00228. The molecule has 0 spiro atoms. The number of aryl methyl sites for hydroxylation is 2. The zero-order valence-corrected chi connectivity index (χ0v) is 14.7. The van der Waals surface area contributed by atoms with Gasteiger partial charge in [0.15, 0.2) is 11.7 Å². The number of benzene rings is 1. The number of rotatable bonds is 6. The Morgan fingerprint density at radius 3 is 2.80 bits per heavy atom. The van der Waals surface area contributed by atoms with Gasteiger partial charge in [0.25, 0.3) is 0 Å². The Hall–Kier alpha value is -2.14. The lowest BCUT2D eigenvalue weighted by Crippen LogP contribution is -2.43. The SMILES string of the molecule is Cc1nc(CCC(=O)NC2CCCCC2CO)oc1-c1ccccc1. The van der Waals surface area contributed by atoms with Gasteiger partial charge < -0.3 is 14.8 Å². The van der Waals surface area contributed by atoms with E-state index in [4.69, 9.17) is 4.42 Å². The second kappa shape index (κ2) is 8.30. The molecule has 0 radical (unpaired) electrons. The first kappa shape index (κ1) is 17.7. The van der Waals surface area contributed by atoms with E-state index in [0.29, 0.717) is 18.7 Å². The number of carbonyl (C=O) groups excluding carboxylic acids is 1. The minimum Gasteiger partial charge on any atom is -0.440 e. The van der Waals surface area contributed by atoms with Crippen LogP contribution < -0.4 is 5.32 Å². The number of nitrogens with one attached hydrogen (secondary N) is 1. The molecule has 1 heterocycles. The molecule has 1 amide bonds. The standard InChI is InChI=1S/C20H26N2O3/c1-14-20(15-7-3-2-4-8-15)25-19(21-14)12-11-18(24)22-17-10-6-5-9-16(17)13-23/h2-4,7-8,16-17,23H,5-6,9-13H2,1H3,(H,22,24). The Labute approximate surface area is 148 Å². The average molecular weight is 342 g/mol. The van der Waals surface area contributed by atoms with Crippen LogP contribution in [-0.2, 0) is 11.2 Å². The van der Waals surface area contributed by atoms with Crippen LogP contribution in [0.15, 0.2) is 34.7 Å². The van der Waals surface area contributed by atoms with Crippen LogP contribution >= 0.6 is 0 Å². The van der Waals surface area contributed by atoms with Gasteiger partial charge in [-0.3, -0.25) is 4.79 Å². The van der Waals surface area contributed by atoms with E-state index in [1.165, 1.54) is 0 Å². The van der Waals surface area contributed by atoms with Crippen LogP contribution in [-0.4, -0.2) is 28.6 Å². The lowest BCUT2D eigenvalue weighted by molar-refractivity contribution is -0.122. The lowest BCUT2D eigenvalue weighted by atomic mass is 9.85. The zero-order chi connectivity index (χ0) is 17.6. The Bertz CT molecular complexity index is 696. The molecular formula is C20H26N2O3. The number of carbonyl (C=O) groups is 1. The van der Waals surface area contributed by atoms with Crippen LogP contribution in [0.4, 0.5) is 0 Å². The number of oxazole rings is 1. The predicted octanol–water partition coefficient (Wildman–Crippen LogP) is 3.25. The smallest absolute Gasteiger partial charge is 0.220 e. The molecule has 134 valence electrons. The Morgan fingerprint density at radius 1 is 1.28 bits per heavy atom. The predicted molar refractivity (Wildman–Crippen MR) is 96.0 cm³/mol. The van der Waals surface area contributed by atoms with Crippen LogP contribution in [0.2, 0.25) is 0 Å². The highest BCUT2D eigenvalue weighted by atomic mass is 16.4. The molecule has 2 unspecified atom stereocenters. The van der Waals surface area contributed by atoms with Gasteiger partial charge in [-0.1, -0.05) is 43.2 Å². The summed E-state index contributed by atoms with van der Waals surface area (Å²) in [7, 11) is 0. The van der Waals surface area contributed by atoms with Crippen molar-refractivity contribution in [1.82, 2.24) is 10.3 Å². The molecule has 1 aliphatic carbocycles. The summed E-state index contributed by atoms with van der Waals surface area (Å²) in [5, 5.41) is 12.5. The maximum atomic E-state index is 12.2. The lowest BCUT2D eigenvalue weighted by Gasteiger charge is -2.30. The summed E-state index contributed by atoms with van der Waals surface area (Å²) < 4.78 is 5.85. The number of aliphatic hydroxyl groups excluding tert-OH is 1. The summed E-state index contributed by atoms with van der Waals surface area (Å²) in [6.45, 7) is 2.06. The maximum Gasteiger partial charge on any atom is 0.220 e. The second-order valence-electron chi connectivity index (χ2n) is 6.79. The summed E-state index contributed by atoms with van der Waals surface area (Å²) in [4.78, 5) is 16.7. The molecule has 1 fully saturated rings. The van der Waals surface area contributed by atoms with E-state index in [-0.39, 0.29) is 24.5 Å². The van der Waals surface area contributed by atoms with Crippen LogP contribution in [0.5, 0.6) is 0 Å². The topological polar surface area (TPSA) is 75.4 Å². The molecule has 2 atom stereocenters. The number of nitrogens with zero attached hydrogens (tertiary/aromatic N) is 1. The number of hydrogen-bond acceptors (Lipinski definition) is 4. The molecule has 1 aromatic heterocycles. The Balaban J connectivity index is 1.56. The molecule has 0 saturated heterocycles. The summed E-state index contributed by atoms with van der Waals surface area (Å²) in [5.41, 5.74) is 1.84. The van der Waals surface area contributed by atoms with Gasteiger partial charge >= 0.3 is 0 Å². The van der Waals surface area contributed by atoms with Crippen molar-refractivity contribution in [3.05, 3.63) is 41.9 Å². The third-order valence-corrected chi connectivity index (χ3v) is 4.93. The van der Waals surface area contributed by atoms with Crippen molar-refractivity contribution >= 4 is 5.91 Å². The molecule has 0 bridgehead atoms. The van der Waals surface area contributed by atoms with Gasteiger partial charge in [0.2, 0.25) is 5.91 Å². The van der Waals surface area contributed by atoms with E-state index < -0.39 is 0 Å². The molecule has 25 heavy (non-hydrogen) atoms. The van der Waals surface area contributed by atoms with Crippen LogP contribution in [0.3, 0.4) is 0 Å². The molecule has 5 heteroatoms. The van der Waals surface area contributed by atoms with E-state index >= 15 is 0 Å². The zero-order valence-electron chi connectivity index (χ0n) is 14.7. The summed E-state index contributed by atoms with van der Waals surface area (Å²) in [5.74, 6) is 1.55. The van der Waals surface area contributed by atoms with Crippen molar-refractivity contribution in [2.24, 2.45) is 5.92 Å². The summed E-state index contributed by atoms with van der Waals surface area (Å²) in [6.07, 6.45) is 5.02. The van der Waals surface area contributed by atoms with Crippen molar-refractivity contribution in [3.8, 4) is 11.3 Å². The van der Waals surface area contributed by atoms with E-state index in [1.807, 2.05) is 37.3 Å². The van der Waals surface area contributed by atoms with Crippen molar-refractivity contribution < 1.29 is 14.3 Å². The third kappa shape index (κ3) is 4.48. The van der Waals surface area contributed by atoms with Gasteiger partial charge in [-0.25, -0.2) is 4.98 Å². The van der Waals surface area contributed by atoms with E-state index in [0.717, 1.165) is 42.7 Å². The Morgan fingerprint density at radius 2 is 2.04 bits per heavy atom. The van der Waals surface area contributed by atoms with Crippen molar-refractivity contribution in [1.29, 1.82) is 0 Å². The molecular weight excluding hydrogens is 316 g/mol. The number of aliphatic hydroxyl groups is 1. The fraction of sp³-hybridized carbons (Fsp3) is 0.500. The maximum absolute atomic E-state index is 12.2. The highest BCUT2D eigenvalue weighted by Crippen LogP contribution is 2.25. The molecule has 1 aromatic carbocycles. The first-order valence-electron chi connectivity index (χ1n) is 9.09. The van der Waals surface area contributed by atoms with E-state index in [9.17, 15) is 9.90 Å². The normalized spacial score (nSPS) is 20.4. The van der Waals surface area contributed by atoms with E-state index in [1.54, 1.807) is 0 Å². The average Bonchev–Trinajstić information content (AvgIpc) is 3.02. The first-order chi connectivity index (χ1) is 12.2. The van der Waals surface area contributed by atoms with Crippen molar-refractivity contribution in [2.75, 3.05) is 6.61 Å². The van der Waals surface area contributed by atoms with Gasteiger partial charge in [0.05, 0.1) is 5.69 Å². The largest absolute Gasteiger partial charge is 0.440 e. The number of aromatic nitrogens is 1. The summed E-state index contributed by atoms with van der Waals surface area (Å²) in [6, 6.07) is 9.96. The first-order valence-corrected chi connectivity index (χ1v) is 9.09. The quantitative estimate of drug-likeness (QED) is 0.845.